The zero-order valence-electron chi connectivity index (χ0n) is 17.9. The Morgan fingerprint density at radius 1 is 1.07 bits per heavy atom. The molecule has 0 atom stereocenters. The molecule has 1 fully saturated rings. The summed E-state index contributed by atoms with van der Waals surface area (Å²) in [5.41, 5.74) is 1.17. The number of nitrogens with zero attached hydrogens (tertiary/aromatic N) is 4. The number of hydrogen-bond acceptors (Lipinski definition) is 5. The van der Waals surface area contributed by atoms with Crippen molar-refractivity contribution in [2.75, 3.05) is 57.0 Å². The van der Waals surface area contributed by atoms with Gasteiger partial charge in [-0.3, -0.25) is 0 Å². The highest BCUT2D eigenvalue weighted by Gasteiger charge is 2.17. The molecule has 2 N–H and O–H groups in total. The number of pyridine rings is 1. The Balaban J connectivity index is 0.00000320. The van der Waals surface area contributed by atoms with E-state index >= 15 is 0 Å². The Morgan fingerprint density at radius 3 is 2.57 bits per heavy atom. The van der Waals surface area contributed by atoms with E-state index in [-0.39, 0.29) is 24.0 Å². The van der Waals surface area contributed by atoms with Crippen LogP contribution >= 0.6 is 35.7 Å². The van der Waals surface area contributed by atoms with Crippen LogP contribution in [0.5, 0.6) is 0 Å². The van der Waals surface area contributed by atoms with Gasteiger partial charge >= 0.3 is 0 Å². The Labute approximate surface area is 201 Å². The summed E-state index contributed by atoms with van der Waals surface area (Å²) in [6, 6.07) is 14.6. The van der Waals surface area contributed by atoms with Crippen molar-refractivity contribution >= 4 is 47.5 Å². The third-order valence-corrected chi connectivity index (χ3v) is 5.84. The third kappa shape index (κ3) is 7.96. The Hall–Kier alpha value is -1.52. The molecule has 2 aromatic rings. The Morgan fingerprint density at radius 2 is 1.83 bits per heavy atom. The van der Waals surface area contributed by atoms with E-state index in [9.17, 15) is 0 Å². The third-order valence-electron chi connectivity index (χ3n) is 4.83. The lowest BCUT2D eigenvalue weighted by molar-refractivity contribution is 0.312. The Kier molecular flexibility index (Phi) is 11.3. The van der Waals surface area contributed by atoms with Crippen molar-refractivity contribution in [1.82, 2.24) is 20.5 Å². The van der Waals surface area contributed by atoms with Crippen LogP contribution in [0.1, 0.15) is 12.5 Å². The second-order valence-corrected chi connectivity index (χ2v) is 8.23. The fourth-order valence-electron chi connectivity index (χ4n) is 3.22. The predicted molar refractivity (Wildman–Crippen MR) is 139 cm³/mol. The summed E-state index contributed by atoms with van der Waals surface area (Å²) in [7, 11) is 2.17. The standard InChI is InChI=1S/C22H32N6S.HI/c1-3-23-22(25-12-17-29-20-9-5-4-6-10-20)26-18-19-8-7-11-24-21(19)28-15-13-27(2)14-16-28;/h4-11H,3,12-18H2,1-2H3,(H2,23,25,26);1H. The van der Waals surface area contributed by atoms with Crippen molar-refractivity contribution in [2.24, 2.45) is 4.99 Å². The van der Waals surface area contributed by atoms with Gasteiger partial charge in [0.2, 0.25) is 0 Å². The molecule has 8 heteroatoms. The molecule has 0 radical (unpaired) electrons. The van der Waals surface area contributed by atoms with Gasteiger partial charge in [0.1, 0.15) is 5.82 Å². The molecule has 0 saturated carbocycles. The van der Waals surface area contributed by atoms with Crippen molar-refractivity contribution in [3.05, 3.63) is 54.2 Å². The number of rotatable bonds is 8. The number of anilines is 1. The molecule has 1 aromatic carbocycles. The number of hydrogen-bond donors (Lipinski definition) is 2. The zero-order valence-corrected chi connectivity index (χ0v) is 21.0. The topological polar surface area (TPSA) is 55.8 Å². The summed E-state index contributed by atoms with van der Waals surface area (Å²) in [6.07, 6.45) is 1.88. The maximum Gasteiger partial charge on any atom is 0.191 e. The van der Waals surface area contributed by atoms with Crippen LogP contribution < -0.4 is 15.5 Å². The summed E-state index contributed by atoms with van der Waals surface area (Å²) in [4.78, 5) is 15.5. The summed E-state index contributed by atoms with van der Waals surface area (Å²) in [5.74, 6) is 2.92. The van der Waals surface area contributed by atoms with E-state index in [4.69, 9.17) is 4.99 Å². The number of piperazine rings is 1. The summed E-state index contributed by atoms with van der Waals surface area (Å²) < 4.78 is 0. The number of benzene rings is 1. The van der Waals surface area contributed by atoms with E-state index in [0.717, 1.165) is 56.8 Å². The average molecular weight is 541 g/mol. The van der Waals surface area contributed by atoms with E-state index in [1.807, 2.05) is 30.1 Å². The number of nitrogens with one attached hydrogen (secondary N) is 2. The molecule has 0 spiro atoms. The molecule has 1 aliphatic heterocycles. The molecule has 1 aliphatic rings. The van der Waals surface area contributed by atoms with Crippen LogP contribution in [0.4, 0.5) is 5.82 Å². The van der Waals surface area contributed by atoms with Crippen LogP contribution in [-0.2, 0) is 6.54 Å². The molecule has 6 nitrogen and oxygen atoms in total. The molecule has 30 heavy (non-hydrogen) atoms. The van der Waals surface area contributed by atoms with Crippen molar-refractivity contribution < 1.29 is 0 Å². The van der Waals surface area contributed by atoms with E-state index < -0.39 is 0 Å². The smallest absolute Gasteiger partial charge is 0.191 e. The first-order chi connectivity index (χ1) is 14.3. The van der Waals surface area contributed by atoms with Crippen LogP contribution in [0.25, 0.3) is 0 Å². The van der Waals surface area contributed by atoms with Crippen LogP contribution in [0, 0.1) is 0 Å². The van der Waals surface area contributed by atoms with Crippen molar-refractivity contribution in [3.63, 3.8) is 0 Å². The molecule has 3 rings (SSSR count). The Bertz CT molecular complexity index is 765. The molecule has 2 heterocycles. The summed E-state index contributed by atoms with van der Waals surface area (Å²) in [5, 5.41) is 6.79. The summed E-state index contributed by atoms with van der Waals surface area (Å²) >= 11 is 1.85. The van der Waals surface area contributed by atoms with Crippen LogP contribution in [0.3, 0.4) is 0 Å². The molecule has 1 aromatic heterocycles. The van der Waals surface area contributed by atoms with Gasteiger partial charge < -0.3 is 20.4 Å². The first kappa shape index (κ1) is 24.7. The first-order valence-electron chi connectivity index (χ1n) is 10.3. The number of guanidine groups is 1. The normalized spacial score (nSPS) is 14.9. The molecule has 164 valence electrons. The van der Waals surface area contributed by atoms with Gasteiger partial charge in [-0.2, -0.15) is 0 Å². The van der Waals surface area contributed by atoms with Gasteiger partial charge in [-0.25, -0.2) is 9.98 Å². The van der Waals surface area contributed by atoms with E-state index in [0.29, 0.717) is 6.54 Å². The number of halogens is 1. The molecule has 0 aliphatic carbocycles. The molecule has 0 bridgehead atoms. The van der Waals surface area contributed by atoms with Gasteiger partial charge in [-0.1, -0.05) is 24.3 Å². The summed E-state index contributed by atoms with van der Waals surface area (Å²) in [6.45, 7) is 8.59. The minimum atomic E-state index is 0. The van der Waals surface area contributed by atoms with Crippen molar-refractivity contribution in [3.8, 4) is 0 Å². The molecule has 0 amide bonds. The van der Waals surface area contributed by atoms with E-state index in [1.54, 1.807) is 0 Å². The van der Waals surface area contributed by atoms with Gasteiger partial charge in [-0.15, -0.1) is 35.7 Å². The second kappa shape index (κ2) is 13.7. The lowest BCUT2D eigenvalue weighted by Crippen LogP contribution is -2.45. The van der Waals surface area contributed by atoms with Crippen LogP contribution in [0.2, 0.25) is 0 Å². The maximum atomic E-state index is 4.81. The lowest BCUT2D eigenvalue weighted by Gasteiger charge is -2.34. The number of aromatic nitrogens is 1. The van der Waals surface area contributed by atoms with Gasteiger partial charge in [0.05, 0.1) is 6.54 Å². The molecule has 1 saturated heterocycles. The minimum absolute atomic E-state index is 0. The van der Waals surface area contributed by atoms with Crippen molar-refractivity contribution in [2.45, 2.75) is 18.4 Å². The highest BCUT2D eigenvalue weighted by atomic mass is 127. The van der Waals surface area contributed by atoms with Crippen LogP contribution in [-0.4, -0.2) is 67.9 Å². The highest BCUT2D eigenvalue weighted by molar-refractivity contribution is 14.0. The number of likely N-dealkylation sites (N-methyl/N-ethyl adjacent to an activating group) is 1. The first-order valence-corrected chi connectivity index (χ1v) is 11.3. The maximum absolute atomic E-state index is 4.81. The SMILES string of the molecule is CCNC(=NCc1cccnc1N1CCN(C)CC1)NCCSc1ccccc1.I. The largest absolute Gasteiger partial charge is 0.357 e. The van der Waals surface area contributed by atoms with Gasteiger partial charge in [0.15, 0.2) is 5.96 Å². The minimum Gasteiger partial charge on any atom is -0.357 e. The van der Waals surface area contributed by atoms with Crippen LogP contribution in [0.15, 0.2) is 58.5 Å². The van der Waals surface area contributed by atoms with E-state index in [1.165, 1.54) is 10.5 Å². The lowest BCUT2D eigenvalue weighted by atomic mass is 10.2. The fraction of sp³-hybridized carbons (Fsp3) is 0.455. The van der Waals surface area contributed by atoms with Gasteiger partial charge in [-0.05, 0) is 32.2 Å². The van der Waals surface area contributed by atoms with E-state index in [2.05, 4.69) is 69.7 Å². The number of thioether (sulfide) groups is 1. The predicted octanol–water partition coefficient (Wildman–Crippen LogP) is 3.30. The highest BCUT2D eigenvalue weighted by Crippen LogP contribution is 2.19. The van der Waals surface area contributed by atoms with Gasteiger partial charge in [0, 0.05) is 61.7 Å². The number of aliphatic imine (C=N–C) groups is 1. The van der Waals surface area contributed by atoms with Crippen molar-refractivity contribution in [1.29, 1.82) is 0 Å². The average Bonchev–Trinajstić information content (AvgIpc) is 2.76. The fourth-order valence-corrected chi connectivity index (χ4v) is 4.01. The quantitative estimate of drug-likeness (QED) is 0.176. The van der Waals surface area contributed by atoms with Gasteiger partial charge in [0.25, 0.3) is 0 Å². The molecular formula is C22H33IN6S. The zero-order chi connectivity index (χ0) is 20.3. The molecule has 0 unspecified atom stereocenters. The molecular weight excluding hydrogens is 507 g/mol. The monoisotopic (exact) mass is 540 g/mol. The second-order valence-electron chi connectivity index (χ2n) is 7.06.